The number of hydrogen-bond acceptors (Lipinski definition) is 5. The van der Waals surface area contributed by atoms with E-state index in [1.54, 1.807) is 36.4 Å². The SMILES string of the molecule is O=Cc1ccc(OCOCc2cccc([N+](=O)[O-])c2)cc1. The van der Waals surface area contributed by atoms with Gasteiger partial charge in [0.1, 0.15) is 12.0 Å². The van der Waals surface area contributed by atoms with Gasteiger partial charge in [0.25, 0.3) is 5.69 Å². The van der Waals surface area contributed by atoms with Crippen molar-refractivity contribution in [2.45, 2.75) is 6.61 Å². The van der Waals surface area contributed by atoms with Gasteiger partial charge in [0.2, 0.25) is 0 Å². The van der Waals surface area contributed by atoms with E-state index in [1.807, 2.05) is 0 Å². The molecule has 0 radical (unpaired) electrons. The van der Waals surface area contributed by atoms with E-state index in [1.165, 1.54) is 12.1 Å². The number of aldehydes is 1. The first-order valence-electron chi connectivity index (χ1n) is 6.18. The number of carbonyl (C=O) groups is 1. The molecular weight excluding hydrogens is 274 g/mol. The number of nitrogens with zero attached hydrogens (tertiary/aromatic N) is 1. The summed E-state index contributed by atoms with van der Waals surface area (Å²) in [5, 5.41) is 10.6. The van der Waals surface area contributed by atoms with Crippen LogP contribution in [0.2, 0.25) is 0 Å². The minimum absolute atomic E-state index is 0.0170. The molecule has 0 N–H and O–H groups in total. The quantitative estimate of drug-likeness (QED) is 0.257. The lowest BCUT2D eigenvalue weighted by Gasteiger charge is -2.07. The number of carbonyl (C=O) groups excluding carboxylic acids is 1. The van der Waals surface area contributed by atoms with Gasteiger partial charge < -0.3 is 9.47 Å². The Kier molecular flexibility index (Phi) is 5.00. The lowest BCUT2D eigenvalue weighted by Crippen LogP contribution is -2.03. The number of nitro groups is 1. The van der Waals surface area contributed by atoms with Gasteiger partial charge in [-0.05, 0) is 29.8 Å². The van der Waals surface area contributed by atoms with Crippen LogP contribution in [0.5, 0.6) is 5.75 Å². The zero-order valence-electron chi connectivity index (χ0n) is 11.1. The number of hydrogen-bond donors (Lipinski definition) is 0. The molecule has 2 aromatic rings. The number of ether oxygens (including phenoxy) is 2. The summed E-state index contributed by atoms with van der Waals surface area (Å²) in [5.41, 5.74) is 1.30. The van der Waals surface area contributed by atoms with Crippen molar-refractivity contribution in [3.63, 3.8) is 0 Å². The summed E-state index contributed by atoms with van der Waals surface area (Å²) in [7, 11) is 0. The maximum atomic E-state index is 10.6. The lowest BCUT2D eigenvalue weighted by molar-refractivity contribution is -0.385. The van der Waals surface area contributed by atoms with E-state index in [4.69, 9.17) is 9.47 Å². The van der Waals surface area contributed by atoms with Gasteiger partial charge >= 0.3 is 0 Å². The third-order valence-electron chi connectivity index (χ3n) is 2.72. The van der Waals surface area contributed by atoms with Crippen molar-refractivity contribution >= 4 is 12.0 Å². The highest BCUT2D eigenvalue weighted by Gasteiger charge is 2.05. The molecule has 0 atom stereocenters. The van der Waals surface area contributed by atoms with Crippen LogP contribution in [0.4, 0.5) is 5.69 Å². The Balaban J connectivity index is 1.80. The van der Waals surface area contributed by atoms with Crippen LogP contribution in [0.1, 0.15) is 15.9 Å². The topological polar surface area (TPSA) is 78.7 Å². The first-order valence-corrected chi connectivity index (χ1v) is 6.18. The van der Waals surface area contributed by atoms with E-state index in [0.29, 0.717) is 16.9 Å². The van der Waals surface area contributed by atoms with Crippen LogP contribution in [-0.4, -0.2) is 18.0 Å². The highest BCUT2D eigenvalue weighted by molar-refractivity contribution is 5.74. The van der Waals surface area contributed by atoms with Crippen LogP contribution in [0.25, 0.3) is 0 Å². The smallest absolute Gasteiger partial charge is 0.269 e. The third kappa shape index (κ3) is 4.39. The van der Waals surface area contributed by atoms with Crippen molar-refractivity contribution in [3.8, 4) is 5.75 Å². The normalized spacial score (nSPS) is 10.1. The first kappa shape index (κ1) is 14.7. The maximum absolute atomic E-state index is 10.6. The second-order valence-corrected chi connectivity index (χ2v) is 4.22. The summed E-state index contributed by atoms with van der Waals surface area (Å²) < 4.78 is 10.6. The number of rotatable bonds is 7. The fourth-order valence-electron chi connectivity index (χ4n) is 1.67. The van der Waals surface area contributed by atoms with Crippen molar-refractivity contribution in [2.24, 2.45) is 0 Å². The minimum Gasteiger partial charge on any atom is -0.468 e. The first-order chi connectivity index (χ1) is 10.2. The summed E-state index contributed by atoms with van der Waals surface area (Å²) in [6.07, 6.45) is 0.753. The molecule has 0 heterocycles. The molecule has 0 fully saturated rings. The Labute approximate surface area is 121 Å². The standard InChI is InChI=1S/C15H13NO5/c17-9-12-4-6-15(7-5-12)21-11-20-10-13-2-1-3-14(8-13)16(18)19/h1-9H,10-11H2. The fourth-order valence-corrected chi connectivity index (χ4v) is 1.67. The van der Waals surface area contributed by atoms with Crippen molar-refractivity contribution in [1.82, 2.24) is 0 Å². The molecule has 0 amide bonds. The third-order valence-corrected chi connectivity index (χ3v) is 2.72. The number of non-ortho nitro benzene ring substituents is 1. The molecule has 0 bridgehead atoms. The highest BCUT2D eigenvalue weighted by atomic mass is 16.7. The molecule has 0 saturated heterocycles. The number of nitro benzene ring substituents is 1. The molecule has 0 aliphatic heterocycles. The van der Waals surface area contributed by atoms with E-state index in [9.17, 15) is 14.9 Å². The van der Waals surface area contributed by atoms with Crippen LogP contribution in [0, 0.1) is 10.1 Å². The molecule has 2 rings (SSSR count). The Morgan fingerprint density at radius 2 is 1.90 bits per heavy atom. The molecule has 0 unspecified atom stereocenters. The van der Waals surface area contributed by atoms with Crippen molar-refractivity contribution in [2.75, 3.05) is 6.79 Å². The van der Waals surface area contributed by atoms with Crippen molar-refractivity contribution in [3.05, 3.63) is 69.8 Å². The lowest BCUT2D eigenvalue weighted by atomic mass is 10.2. The Morgan fingerprint density at radius 3 is 2.57 bits per heavy atom. The van der Waals surface area contributed by atoms with E-state index >= 15 is 0 Å². The van der Waals surface area contributed by atoms with Crippen LogP contribution >= 0.6 is 0 Å². The van der Waals surface area contributed by atoms with Crippen LogP contribution in [-0.2, 0) is 11.3 Å². The van der Waals surface area contributed by atoms with Crippen LogP contribution in [0.3, 0.4) is 0 Å². The Morgan fingerprint density at radius 1 is 1.14 bits per heavy atom. The summed E-state index contributed by atoms with van der Waals surface area (Å²) in [5.74, 6) is 0.583. The van der Waals surface area contributed by atoms with E-state index in [0.717, 1.165) is 6.29 Å². The second-order valence-electron chi connectivity index (χ2n) is 4.22. The molecular formula is C15H13NO5. The summed E-state index contributed by atoms with van der Waals surface area (Å²) in [6.45, 7) is 0.233. The average molecular weight is 287 g/mol. The predicted molar refractivity (Wildman–Crippen MR) is 75.2 cm³/mol. The maximum Gasteiger partial charge on any atom is 0.269 e. The van der Waals surface area contributed by atoms with E-state index in [2.05, 4.69) is 0 Å². The predicted octanol–water partition coefficient (Wildman–Crippen LogP) is 2.96. The van der Waals surface area contributed by atoms with Crippen LogP contribution in [0.15, 0.2) is 48.5 Å². The zero-order chi connectivity index (χ0) is 15.1. The highest BCUT2D eigenvalue weighted by Crippen LogP contribution is 2.14. The molecule has 0 aliphatic carbocycles. The summed E-state index contributed by atoms with van der Waals surface area (Å²) >= 11 is 0. The van der Waals surface area contributed by atoms with Gasteiger partial charge in [-0.1, -0.05) is 12.1 Å². The largest absolute Gasteiger partial charge is 0.468 e. The Bertz CT molecular complexity index is 624. The molecule has 0 aromatic heterocycles. The van der Waals surface area contributed by atoms with E-state index < -0.39 is 4.92 Å². The fraction of sp³-hybridized carbons (Fsp3) is 0.133. The zero-order valence-corrected chi connectivity index (χ0v) is 11.1. The molecule has 0 spiro atoms. The van der Waals surface area contributed by atoms with Gasteiger partial charge in [-0.3, -0.25) is 14.9 Å². The molecule has 0 aliphatic rings. The Hall–Kier alpha value is -2.73. The van der Waals surface area contributed by atoms with Gasteiger partial charge in [-0.25, -0.2) is 0 Å². The van der Waals surface area contributed by atoms with Crippen LogP contribution < -0.4 is 4.74 Å². The van der Waals surface area contributed by atoms with E-state index in [-0.39, 0.29) is 19.1 Å². The van der Waals surface area contributed by atoms with Gasteiger partial charge in [-0.15, -0.1) is 0 Å². The number of benzene rings is 2. The van der Waals surface area contributed by atoms with Gasteiger partial charge in [-0.2, -0.15) is 0 Å². The average Bonchev–Trinajstić information content (AvgIpc) is 2.52. The molecule has 6 nitrogen and oxygen atoms in total. The second kappa shape index (κ2) is 7.16. The van der Waals surface area contributed by atoms with Gasteiger partial charge in [0.15, 0.2) is 6.79 Å². The van der Waals surface area contributed by atoms with Gasteiger partial charge in [0.05, 0.1) is 11.5 Å². The molecule has 108 valence electrons. The van der Waals surface area contributed by atoms with Crippen molar-refractivity contribution < 1.29 is 19.2 Å². The summed E-state index contributed by atoms with van der Waals surface area (Å²) in [4.78, 5) is 20.7. The monoisotopic (exact) mass is 287 g/mol. The molecule has 0 saturated carbocycles. The van der Waals surface area contributed by atoms with Crippen molar-refractivity contribution in [1.29, 1.82) is 0 Å². The molecule has 6 heteroatoms. The van der Waals surface area contributed by atoms with Gasteiger partial charge in [0, 0.05) is 17.7 Å². The minimum atomic E-state index is -0.450. The molecule has 2 aromatic carbocycles. The molecule has 21 heavy (non-hydrogen) atoms. The summed E-state index contributed by atoms with van der Waals surface area (Å²) in [6, 6.07) is 12.8.